The van der Waals surface area contributed by atoms with Crippen molar-refractivity contribution in [2.75, 3.05) is 26.4 Å². The number of esters is 3. The molecule has 0 amide bonds. The quantitative estimate of drug-likeness (QED) is 0.0355. The molecular weight excluding hydrogens is 616 g/mol. The number of carbonyl (C=O) groups is 4. The Bertz CT molecular complexity index is 1640. The van der Waals surface area contributed by atoms with Crippen LogP contribution in [-0.2, 0) is 19.1 Å². The molecule has 0 bridgehead atoms. The number of carbonyl (C=O) groups excluding carboxylic acids is 4. The van der Waals surface area contributed by atoms with E-state index in [2.05, 4.69) is 13.2 Å². The summed E-state index contributed by atoms with van der Waals surface area (Å²) in [7, 11) is 0. The molecule has 4 aromatic carbocycles. The maximum atomic E-state index is 12.7. The van der Waals surface area contributed by atoms with E-state index in [0.29, 0.717) is 73.4 Å². The Morgan fingerprint density at radius 3 is 1.40 bits per heavy atom. The first-order chi connectivity index (χ1) is 23.4. The molecule has 0 spiro atoms. The van der Waals surface area contributed by atoms with E-state index in [9.17, 15) is 14.4 Å². The Morgan fingerprint density at radius 1 is 0.542 bits per heavy atom. The van der Waals surface area contributed by atoms with Gasteiger partial charge in [0.25, 0.3) is 0 Å². The molecular formula is C38H38O10. The lowest BCUT2D eigenvalue weighted by atomic mass is 10.1. The standard InChI is InChI=1S/C37H36O9.CH2O/c1-3-35(38)44-24-8-7-23-43-32-17-11-28(12-18-32)37(40)46-34-20-14-29-25-33(19-13-30(29)26-34)45-36(39)27-9-15-31(16-10-27)42-22-6-5-21-41-4-2;1-2/h3-4,9-20,25-26H,1-2,5-8,21-24H2;1H2. The van der Waals surface area contributed by atoms with E-state index < -0.39 is 17.9 Å². The fraction of sp³-hybridized carbons (Fsp3) is 0.211. The smallest absolute Gasteiger partial charge is 0.343 e. The summed E-state index contributed by atoms with van der Waals surface area (Å²) in [6.07, 6.45) is 5.63. The molecule has 0 fully saturated rings. The summed E-state index contributed by atoms with van der Waals surface area (Å²) in [6, 6.07) is 23.9. The molecule has 0 N–H and O–H groups in total. The van der Waals surface area contributed by atoms with Crippen LogP contribution in [0.15, 0.2) is 110 Å². The van der Waals surface area contributed by atoms with Gasteiger partial charge in [0.05, 0.1) is 43.8 Å². The van der Waals surface area contributed by atoms with Crippen LogP contribution < -0.4 is 18.9 Å². The molecule has 10 heteroatoms. The van der Waals surface area contributed by atoms with Crippen LogP contribution in [0.1, 0.15) is 46.4 Å². The van der Waals surface area contributed by atoms with Crippen molar-refractivity contribution >= 4 is 35.5 Å². The average molecular weight is 655 g/mol. The molecule has 4 aromatic rings. The molecule has 48 heavy (non-hydrogen) atoms. The topological polar surface area (TPSA) is 124 Å². The maximum Gasteiger partial charge on any atom is 0.343 e. The van der Waals surface area contributed by atoms with Crippen molar-refractivity contribution in [2.45, 2.75) is 25.7 Å². The third-order valence-electron chi connectivity index (χ3n) is 6.65. The van der Waals surface area contributed by atoms with Crippen molar-refractivity contribution in [2.24, 2.45) is 0 Å². The number of benzene rings is 4. The molecule has 0 unspecified atom stereocenters. The predicted molar refractivity (Wildman–Crippen MR) is 181 cm³/mol. The average Bonchev–Trinajstić information content (AvgIpc) is 3.12. The largest absolute Gasteiger partial charge is 0.502 e. The summed E-state index contributed by atoms with van der Waals surface area (Å²) in [4.78, 5) is 44.5. The number of fused-ring (bicyclic) bond motifs is 1. The van der Waals surface area contributed by atoms with Crippen LogP contribution in [0.25, 0.3) is 10.8 Å². The van der Waals surface area contributed by atoms with Crippen molar-refractivity contribution in [1.82, 2.24) is 0 Å². The molecule has 0 radical (unpaired) electrons. The van der Waals surface area contributed by atoms with Gasteiger partial charge in [-0.15, -0.1) is 0 Å². The zero-order valence-corrected chi connectivity index (χ0v) is 26.6. The highest BCUT2D eigenvalue weighted by Crippen LogP contribution is 2.26. The first kappa shape index (κ1) is 36.6. The molecule has 10 nitrogen and oxygen atoms in total. The lowest BCUT2D eigenvalue weighted by molar-refractivity contribution is -0.137. The monoisotopic (exact) mass is 654 g/mol. The molecule has 250 valence electrons. The maximum absolute atomic E-state index is 12.7. The molecule has 0 aliphatic carbocycles. The Morgan fingerprint density at radius 2 is 0.958 bits per heavy atom. The van der Waals surface area contributed by atoms with E-state index in [0.717, 1.165) is 29.7 Å². The molecule has 0 aliphatic rings. The molecule has 0 aliphatic heterocycles. The highest BCUT2D eigenvalue weighted by atomic mass is 16.5. The van der Waals surface area contributed by atoms with Gasteiger partial charge in [-0.2, -0.15) is 0 Å². The lowest BCUT2D eigenvalue weighted by Crippen LogP contribution is -2.09. The van der Waals surface area contributed by atoms with Crippen molar-refractivity contribution in [3.63, 3.8) is 0 Å². The van der Waals surface area contributed by atoms with Crippen LogP contribution in [0.4, 0.5) is 0 Å². The summed E-state index contributed by atoms with van der Waals surface area (Å²) in [6.45, 7) is 10.8. The van der Waals surface area contributed by atoms with Crippen LogP contribution in [0.3, 0.4) is 0 Å². The number of hydrogen-bond donors (Lipinski definition) is 0. The minimum absolute atomic E-state index is 0.309. The fourth-order valence-electron chi connectivity index (χ4n) is 4.22. The zero-order chi connectivity index (χ0) is 34.6. The second kappa shape index (κ2) is 20.3. The molecule has 0 saturated heterocycles. The van der Waals surface area contributed by atoms with Crippen molar-refractivity contribution in [1.29, 1.82) is 0 Å². The van der Waals surface area contributed by atoms with Gasteiger partial charge in [-0.05, 0) is 109 Å². The number of rotatable bonds is 18. The Labute approximate surface area is 279 Å². The Balaban J connectivity index is 0.00000307. The zero-order valence-electron chi connectivity index (χ0n) is 26.6. The first-order valence-electron chi connectivity index (χ1n) is 15.2. The van der Waals surface area contributed by atoms with E-state index in [1.807, 2.05) is 6.79 Å². The molecule has 0 atom stereocenters. The number of unbranched alkanes of at least 4 members (excludes halogenated alkanes) is 2. The van der Waals surface area contributed by atoms with E-state index in [1.54, 1.807) is 84.9 Å². The van der Waals surface area contributed by atoms with Gasteiger partial charge in [0.15, 0.2) is 0 Å². The summed E-state index contributed by atoms with van der Waals surface area (Å²) in [5.74, 6) is 0.627. The van der Waals surface area contributed by atoms with Gasteiger partial charge in [-0.25, -0.2) is 14.4 Å². The van der Waals surface area contributed by atoms with Gasteiger partial charge in [0.2, 0.25) is 0 Å². The third-order valence-corrected chi connectivity index (χ3v) is 6.65. The highest BCUT2D eigenvalue weighted by Gasteiger charge is 2.12. The van der Waals surface area contributed by atoms with Gasteiger partial charge < -0.3 is 33.2 Å². The third kappa shape index (κ3) is 12.1. The predicted octanol–water partition coefficient (Wildman–Crippen LogP) is 7.30. The van der Waals surface area contributed by atoms with E-state index in [-0.39, 0.29) is 0 Å². The van der Waals surface area contributed by atoms with Gasteiger partial charge in [0.1, 0.15) is 29.8 Å². The number of hydrogen-bond acceptors (Lipinski definition) is 10. The van der Waals surface area contributed by atoms with E-state index >= 15 is 0 Å². The van der Waals surface area contributed by atoms with Crippen LogP contribution in [0, 0.1) is 0 Å². The van der Waals surface area contributed by atoms with Gasteiger partial charge in [-0.1, -0.05) is 25.3 Å². The summed E-state index contributed by atoms with van der Waals surface area (Å²) >= 11 is 0. The summed E-state index contributed by atoms with van der Waals surface area (Å²) in [5, 5.41) is 1.62. The van der Waals surface area contributed by atoms with Crippen LogP contribution >= 0.6 is 0 Å². The minimum Gasteiger partial charge on any atom is -0.502 e. The molecule has 0 aromatic heterocycles. The first-order valence-corrected chi connectivity index (χ1v) is 15.2. The molecule has 0 saturated carbocycles. The number of ether oxygens (including phenoxy) is 6. The summed E-state index contributed by atoms with van der Waals surface area (Å²) < 4.78 is 32.5. The highest BCUT2D eigenvalue weighted by molar-refractivity contribution is 5.94. The van der Waals surface area contributed by atoms with Crippen molar-refractivity contribution in [3.8, 4) is 23.0 Å². The van der Waals surface area contributed by atoms with Gasteiger partial charge in [0, 0.05) is 6.08 Å². The SMILES string of the molecule is C=COCCCCOc1ccc(C(=O)Oc2ccc3cc(OC(=O)c4ccc(OCCCCOC(=O)C=C)cc4)ccc3c2)cc1.C=O. The fourth-order valence-corrected chi connectivity index (χ4v) is 4.22. The normalized spacial score (nSPS) is 10.1. The lowest BCUT2D eigenvalue weighted by Gasteiger charge is -2.09. The molecule has 4 rings (SSSR count). The Kier molecular flexibility index (Phi) is 15.4. The summed E-state index contributed by atoms with van der Waals surface area (Å²) in [5.41, 5.74) is 0.775. The van der Waals surface area contributed by atoms with Gasteiger partial charge >= 0.3 is 17.9 Å². The van der Waals surface area contributed by atoms with E-state index in [1.165, 1.54) is 6.26 Å². The Hall–Kier alpha value is -5.90. The second-order valence-corrected chi connectivity index (χ2v) is 10.0. The van der Waals surface area contributed by atoms with Crippen molar-refractivity contribution < 1.29 is 47.6 Å². The minimum atomic E-state index is -0.505. The van der Waals surface area contributed by atoms with Crippen molar-refractivity contribution in [3.05, 3.63) is 122 Å². The van der Waals surface area contributed by atoms with Gasteiger partial charge in [-0.3, -0.25) is 0 Å². The van der Waals surface area contributed by atoms with Crippen LogP contribution in [0.2, 0.25) is 0 Å². The van der Waals surface area contributed by atoms with Crippen LogP contribution in [-0.4, -0.2) is 51.1 Å². The van der Waals surface area contributed by atoms with E-state index in [4.69, 9.17) is 33.2 Å². The molecule has 0 heterocycles. The second-order valence-electron chi connectivity index (χ2n) is 10.0. The van der Waals surface area contributed by atoms with Crippen LogP contribution in [0.5, 0.6) is 23.0 Å².